The minimum atomic E-state index is -0.261. The second kappa shape index (κ2) is 6.19. The maximum Gasteiger partial charge on any atom is 0.137 e. The van der Waals surface area contributed by atoms with Gasteiger partial charge in [0.25, 0.3) is 0 Å². The predicted molar refractivity (Wildman–Crippen MR) is 85.2 cm³/mol. The Balaban J connectivity index is 2.10. The molecule has 0 atom stereocenters. The molecule has 0 saturated carbocycles. The van der Waals surface area contributed by atoms with E-state index in [2.05, 4.69) is 18.7 Å². The molecular formula is C16H23FN2S. The molecular weight excluding hydrogens is 271 g/mol. The van der Waals surface area contributed by atoms with Crippen molar-refractivity contribution in [3.05, 3.63) is 35.1 Å². The van der Waals surface area contributed by atoms with Gasteiger partial charge >= 0.3 is 0 Å². The number of thiocarbonyl (C=S) groups is 1. The van der Waals surface area contributed by atoms with Crippen LogP contribution in [0.3, 0.4) is 0 Å². The maximum absolute atomic E-state index is 14.3. The van der Waals surface area contributed by atoms with E-state index in [-0.39, 0.29) is 10.8 Å². The summed E-state index contributed by atoms with van der Waals surface area (Å²) >= 11 is 4.89. The summed E-state index contributed by atoms with van der Waals surface area (Å²) in [6, 6.07) is 5.30. The average molecular weight is 294 g/mol. The summed E-state index contributed by atoms with van der Waals surface area (Å²) in [5.74, 6) is -0.261. The molecule has 1 heterocycles. The van der Waals surface area contributed by atoms with Crippen molar-refractivity contribution in [3.8, 4) is 0 Å². The molecule has 0 aliphatic carbocycles. The van der Waals surface area contributed by atoms with Gasteiger partial charge in [-0.05, 0) is 43.8 Å². The SMILES string of the molecule is CC1(C)CCCN(Cc2cccc(C(N)=S)c2F)CC1. The van der Waals surface area contributed by atoms with Gasteiger partial charge in [0.05, 0.1) is 0 Å². The fourth-order valence-electron chi connectivity index (χ4n) is 2.77. The summed E-state index contributed by atoms with van der Waals surface area (Å²) in [5.41, 5.74) is 7.00. The monoisotopic (exact) mass is 294 g/mol. The summed E-state index contributed by atoms with van der Waals surface area (Å²) in [6.07, 6.45) is 3.56. The topological polar surface area (TPSA) is 29.3 Å². The zero-order valence-corrected chi connectivity index (χ0v) is 13.1. The Morgan fingerprint density at radius 1 is 1.35 bits per heavy atom. The number of hydrogen-bond donors (Lipinski definition) is 1. The first kappa shape index (κ1) is 15.4. The lowest BCUT2D eigenvalue weighted by atomic mass is 9.85. The van der Waals surface area contributed by atoms with Crippen LogP contribution in [0.15, 0.2) is 18.2 Å². The summed E-state index contributed by atoms with van der Waals surface area (Å²) in [6.45, 7) is 7.30. The molecule has 0 amide bonds. The third kappa shape index (κ3) is 3.76. The number of nitrogens with two attached hydrogens (primary N) is 1. The Kier molecular flexibility index (Phi) is 4.76. The van der Waals surface area contributed by atoms with Gasteiger partial charge < -0.3 is 5.73 Å². The maximum atomic E-state index is 14.3. The molecule has 0 aromatic heterocycles. The quantitative estimate of drug-likeness (QED) is 0.866. The van der Waals surface area contributed by atoms with Crippen LogP contribution >= 0.6 is 12.2 Å². The second-order valence-electron chi connectivity index (χ2n) is 6.44. The zero-order chi connectivity index (χ0) is 14.8. The van der Waals surface area contributed by atoms with E-state index in [1.807, 2.05) is 12.1 Å². The zero-order valence-electron chi connectivity index (χ0n) is 12.3. The van der Waals surface area contributed by atoms with Gasteiger partial charge in [-0.15, -0.1) is 0 Å². The van der Waals surface area contributed by atoms with Crippen LogP contribution in [-0.4, -0.2) is 23.0 Å². The number of nitrogens with zero attached hydrogens (tertiary/aromatic N) is 1. The lowest BCUT2D eigenvalue weighted by Gasteiger charge is -2.23. The van der Waals surface area contributed by atoms with Crippen LogP contribution in [0, 0.1) is 11.2 Å². The molecule has 1 aliphatic rings. The Hall–Kier alpha value is -1.00. The van der Waals surface area contributed by atoms with E-state index in [0.29, 0.717) is 23.1 Å². The molecule has 110 valence electrons. The molecule has 20 heavy (non-hydrogen) atoms. The highest BCUT2D eigenvalue weighted by Gasteiger charge is 2.23. The lowest BCUT2D eigenvalue weighted by molar-refractivity contribution is 0.253. The van der Waals surface area contributed by atoms with E-state index in [0.717, 1.165) is 19.5 Å². The van der Waals surface area contributed by atoms with Crippen LogP contribution in [0.2, 0.25) is 0 Å². The smallest absolute Gasteiger partial charge is 0.137 e. The van der Waals surface area contributed by atoms with Crippen LogP contribution in [0.4, 0.5) is 4.39 Å². The Morgan fingerprint density at radius 2 is 2.10 bits per heavy atom. The van der Waals surface area contributed by atoms with E-state index >= 15 is 0 Å². The first-order valence-electron chi connectivity index (χ1n) is 7.19. The molecule has 4 heteroatoms. The van der Waals surface area contributed by atoms with Gasteiger partial charge in [-0.3, -0.25) is 4.90 Å². The summed E-state index contributed by atoms with van der Waals surface area (Å²) in [4.78, 5) is 2.46. The minimum Gasteiger partial charge on any atom is -0.389 e. The normalized spacial score (nSPS) is 19.6. The van der Waals surface area contributed by atoms with Crippen molar-refractivity contribution in [2.45, 2.75) is 39.7 Å². The Morgan fingerprint density at radius 3 is 2.80 bits per heavy atom. The lowest BCUT2D eigenvalue weighted by Crippen LogP contribution is -2.26. The summed E-state index contributed by atoms with van der Waals surface area (Å²) < 4.78 is 14.3. The van der Waals surface area contributed by atoms with Crippen molar-refractivity contribution in [1.82, 2.24) is 4.90 Å². The van der Waals surface area contributed by atoms with Crippen molar-refractivity contribution in [2.75, 3.05) is 13.1 Å². The number of hydrogen-bond acceptors (Lipinski definition) is 2. The van der Waals surface area contributed by atoms with Crippen molar-refractivity contribution < 1.29 is 4.39 Å². The number of rotatable bonds is 3. The average Bonchev–Trinajstić information content (AvgIpc) is 2.53. The second-order valence-corrected chi connectivity index (χ2v) is 6.88. The van der Waals surface area contributed by atoms with E-state index in [1.54, 1.807) is 6.07 Å². The van der Waals surface area contributed by atoms with Gasteiger partial charge in [-0.25, -0.2) is 4.39 Å². The molecule has 2 N–H and O–H groups in total. The minimum absolute atomic E-state index is 0.126. The molecule has 0 radical (unpaired) electrons. The fourth-order valence-corrected chi connectivity index (χ4v) is 2.93. The first-order valence-corrected chi connectivity index (χ1v) is 7.59. The van der Waals surface area contributed by atoms with Crippen molar-refractivity contribution in [3.63, 3.8) is 0 Å². The third-order valence-corrected chi connectivity index (χ3v) is 4.39. The van der Waals surface area contributed by atoms with Gasteiger partial charge in [0.2, 0.25) is 0 Å². The van der Waals surface area contributed by atoms with Crippen LogP contribution in [0.25, 0.3) is 0 Å². The van der Waals surface area contributed by atoms with Crippen molar-refractivity contribution in [1.29, 1.82) is 0 Å². The molecule has 1 fully saturated rings. The Labute approximate surface area is 126 Å². The molecule has 1 saturated heterocycles. The number of likely N-dealkylation sites (tertiary alicyclic amines) is 1. The van der Waals surface area contributed by atoms with E-state index in [1.165, 1.54) is 12.8 Å². The molecule has 1 aliphatic heterocycles. The Bertz CT molecular complexity index is 499. The molecule has 0 spiro atoms. The van der Waals surface area contributed by atoms with Crippen molar-refractivity contribution in [2.24, 2.45) is 11.1 Å². The van der Waals surface area contributed by atoms with Crippen molar-refractivity contribution >= 4 is 17.2 Å². The van der Waals surface area contributed by atoms with Crippen LogP contribution in [0.5, 0.6) is 0 Å². The van der Waals surface area contributed by atoms with Crippen LogP contribution in [0.1, 0.15) is 44.2 Å². The molecule has 2 nitrogen and oxygen atoms in total. The predicted octanol–water partition coefficient (Wildman–Crippen LogP) is 3.47. The third-order valence-electron chi connectivity index (χ3n) is 4.17. The van der Waals surface area contributed by atoms with Gasteiger partial charge in [0, 0.05) is 17.7 Å². The fraction of sp³-hybridized carbons (Fsp3) is 0.562. The molecule has 0 bridgehead atoms. The van der Waals surface area contributed by atoms with Crippen LogP contribution < -0.4 is 5.73 Å². The molecule has 1 aromatic carbocycles. The van der Waals surface area contributed by atoms with E-state index < -0.39 is 0 Å². The molecule has 1 aromatic rings. The molecule has 0 unspecified atom stereocenters. The first-order chi connectivity index (χ1) is 9.39. The van der Waals surface area contributed by atoms with Gasteiger partial charge in [-0.2, -0.15) is 0 Å². The van der Waals surface area contributed by atoms with E-state index in [4.69, 9.17) is 18.0 Å². The van der Waals surface area contributed by atoms with Gasteiger partial charge in [0.15, 0.2) is 0 Å². The van der Waals surface area contributed by atoms with Crippen LogP contribution in [-0.2, 0) is 6.54 Å². The van der Waals surface area contributed by atoms with Gasteiger partial charge in [-0.1, -0.05) is 38.2 Å². The summed E-state index contributed by atoms with van der Waals surface area (Å²) in [5, 5.41) is 0. The van der Waals surface area contributed by atoms with E-state index in [9.17, 15) is 4.39 Å². The summed E-state index contributed by atoms with van der Waals surface area (Å²) in [7, 11) is 0. The highest BCUT2D eigenvalue weighted by Crippen LogP contribution is 2.30. The largest absolute Gasteiger partial charge is 0.389 e. The van der Waals surface area contributed by atoms with Gasteiger partial charge in [0.1, 0.15) is 10.8 Å². The standard InChI is InChI=1S/C16H23FN2S/c1-16(2)7-4-9-19(10-8-16)11-12-5-3-6-13(14(12)17)15(18)20/h3,5-6H,4,7-11H2,1-2H3,(H2,18,20). The molecule has 2 rings (SSSR count). The number of benzene rings is 1. The highest BCUT2D eigenvalue weighted by atomic mass is 32.1. The highest BCUT2D eigenvalue weighted by molar-refractivity contribution is 7.80. The number of halogens is 1.